The fourth-order valence-corrected chi connectivity index (χ4v) is 2.99. The molecule has 1 aromatic carbocycles. The van der Waals surface area contributed by atoms with Gasteiger partial charge in [0.15, 0.2) is 0 Å². The number of carboxylic acid groups (broad SMARTS) is 1. The third kappa shape index (κ3) is 2.97. The molecule has 1 aliphatic rings. The van der Waals surface area contributed by atoms with Crippen molar-refractivity contribution in [1.29, 1.82) is 0 Å². The van der Waals surface area contributed by atoms with E-state index in [1.165, 1.54) is 0 Å². The third-order valence-electron chi connectivity index (χ3n) is 4.26. The van der Waals surface area contributed by atoms with Crippen molar-refractivity contribution in [3.8, 4) is 0 Å². The second-order valence-corrected chi connectivity index (χ2v) is 6.01. The van der Waals surface area contributed by atoms with Crippen LogP contribution in [0.15, 0.2) is 30.6 Å². The molecule has 0 spiro atoms. The molecule has 1 aromatic heterocycles. The maximum absolute atomic E-state index is 12.5. The molecule has 1 aliphatic heterocycles. The highest BCUT2D eigenvalue weighted by Gasteiger charge is 2.35. The quantitative estimate of drug-likeness (QED) is 0.931. The molecule has 0 saturated carbocycles. The van der Waals surface area contributed by atoms with Gasteiger partial charge in [-0.05, 0) is 12.5 Å². The van der Waals surface area contributed by atoms with Gasteiger partial charge in [-0.25, -0.2) is 4.98 Å². The number of hydrogen-bond donors (Lipinski definition) is 1. The van der Waals surface area contributed by atoms with E-state index in [-0.39, 0.29) is 18.9 Å². The minimum absolute atomic E-state index is 0.0728. The molecule has 0 radical (unpaired) electrons. The fourth-order valence-electron chi connectivity index (χ4n) is 2.99. The van der Waals surface area contributed by atoms with Crippen molar-refractivity contribution < 1.29 is 14.7 Å². The van der Waals surface area contributed by atoms with E-state index in [0.717, 1.165) is 11.1 Å². The predicted octanol–water partition coefficient (Wildman–Crippen LogP) is 1.48. The Morgan fingerprint density at radius 2 is 2.00 bits per heavy atom. The number of fused-ring (bicyclic) bond motifs is 1. The molecule has 1 N–H and O–H groups in total. The first-order valence-corrected chi connectivity index (χ1v) is 7.52. The maximum atomic E-state index is 12.5. The van der Waals surface area contributed by atoms with Gasteiger partial charge >= 0.3 is 5.97 Å². The van der Waals surface area contributed by atoms with E-state index in [4.69, 9.17) is 0 Å². The lowest BCUT2D eigenvalue weighted by Gasteiger charge is -2.31. The summed E-state index contributed by atoms with van der Waals surface area (Å²) in [4.78, 5) is 29.9. The highest BCUT2D eigenvalue weighted by atomic mass is 16.4. The lowest BCUT2D eigenvalue weighted by molar-refractivity contribution is -0.141. The number of carbonyl (C=O) groups excluding carboxylic acids is 1. The highest BCUT2D eigenvalue weighted by Crippen LogP contribution is 2.28. The van der Waals surface area contributed by atoms with Gasteiger partial charge in [0.2, 0.25) is 5.91 Å². The normalized spacial score (nSPS) is 17.0. The maximum Gasteiger partial charge on any atom is 0.314 e. The van der Waals surface area contributed by atoms with E-state index >= 15 is 0 Å². The first-order chi connectivity index (χ1) is 11.0. The van der Waals surface area contributed by atoms with Gasteiger partial charge in [-0.1, -0.05) is 29.8 Å². The molecule has 0 fully saturated rings. The topological polar surface area (TPSA) is 75.4 Å². The Balaban J connectivity index is 1.80. The van der Waals surface area contributed by atoms with Gasteiger partial charge in [0.1, 0.15) is 5.92 Å². The predicted molar refractivity (Wildman–Crippen MR) is 83.9 cm³/mol. The molecule has 0 saturated heterocycles. The van der Waals surface area contributed by atoms with Crippen LogP contribution in [-0.2, 0) is 29.6 Å². The number of amides is 1. The minimum atomic E-state index is -0.928. The first kappa shape index (κ1) is 15.3. The summed E-state index contributed by atoms with van der Waals surface area (Å²) in [5.74, 6) is -1.73. The second-order valence-electron chi connectivity index (χ2n) is 6.01. The fraction of sp³-hybridized carbons (Fsp3) is 0.353. The number of imidazole rings is 1. The molecule has 2 heterocycles. The summed E-state index contributed by atoms with van der Waals surface area (Å²) in [7, 11) is 1.78. The summed E-state index contributed by atoms with van der Waals surface area (Å²) in [5.41, 5.74) is 3.43. The second kappa shape index (κ2) is 5.87. The summed E-state index contributed by atoms with van der Waals surface area (Å²) in [6.45, 7) is 2.55. The Bertz CT molecular complexity index is 749. The van der Waals surface area contributed by atoms with E-state index in [9.17, 15) is 14.7 Å². The first-order valence-electron chi connectivity index (χ1n) is 7.52. The number of nitrogens with zero attached hydrogens (tertiary/aromatic N) is 3. The van der Waals surface area contributed by atoms with E-state index in [1.54, 1.807) is 22.8 Å². The number of rotatable bonds is 3. The largest absolute Gasteiger partial charge is 0.481 e. The molecule has 120 valence electrons. The Labute approximate surface area is 134 Å². The number of aliphatic carboxylic acids is 1. The molecular formula is C17H19N3O3. The van der Waals surface area contributed by atoms with E-state index in [2.05, 4.69) is 4.98 Å². The van der Waals surface area contributed by atoms with E-state index in [1.807, 2.05) is 31.2 Å². The molecule has 1 unspecified atom stereocenters. The summed E-state index contributed by atoms with van der Waals surface area (Å²) >= 11 is 0. The molecule has 1 atom stereocenters. The standard InChI is InChI=1S/C17H19N3O3/c1-11-3-5-12(6-4-11)7-15(21)20-8-13(17(22)23)16-14(9-20)18-10-19(16)2/h3-6,10,13H,7-9H2,1-2H3,(H,22,23). The summed E-state index contributed by atoms with van der Waals surface area (Å²) in [5, 5.41) is 9.47. The van der Waals surface area contributed by atoms with Gasteiger partial charge in [0.05, 0.1) is 30.7 Å². The van der Waals surface area contributed by atoms with Crippen LogP contribution >= 0.6 is 0 Å². The van der Waals surface area contributed by atoms with Crippen molar-refractivity contribution in [2.45, 2.75) is 25.8 Å². The molecular weight excluding hydrogens is 294 g/mol. The molecule has 0 aliphatic carbocycles. The van der Waals surface area contributed by atoms with Crippen LogP contribution in [0.25, 0.3) is 0 Å². The van der Waals surface area contributed by atoms with Crippen molar-refractivity contribution in [3.63, 3.8) is 0 Å². The van der Waals surface area contributed by atoms with Crippen molar-refractivity contribution in [2.75, 3.05) is 6.54 Å². The zero-order chi connectivity index (χ0) is 16.6. The molecule has 3 rings (SSSR count). The Kier molecular flexibility index (Phi) is 3.90. The molecule has 2 aromatic rings. The average Bonchev–Trinajstić information content (AvgIpc) is 2.90. The number of aryl methyl sites for hydroxylation is 2. The Hall–Kier alpha value is -2.63. The summed E-state index contributed by atoms with van der Waals surface area (Å²) in [6, 6.07) is 7.79. The van der Waals surface area contributed by atoms with Gasteiger partial charge < -0.3 is 14.6 Å². The average molecular weight is 313 g/mol. The number of carboxylic acids is 1. The lowest BCUT2D eigenvalue weighted by Crippen LogP contribution is -2.41. The smallest absolute Gasteiger partial charge is 0.314 e. The van der Waals surface area contributed by atoms with E-state index in [0.29, 0.717) is 17.9 Å². The van der Waals surface area contributed by atoms with Crippen LogP contribution in [0.5, 0.6) is 0 Å². The van der Waals surface area contributed by atoms with Gasteiger partial charge in [-0.2, -0.15) is 0 Å². The lowest BCUT2D eigenvalue weighted by atomic mass is 9.97. The van der Waals surface area contributed by atoms with Crippen LogP contribution in [-0.4, -0.2) is 38.0 Å². The monoisotopic (exact) mass is 313 g/mol. The minimum Gasteiger partial charge on any atom is -0.481 e. The van der Waals surface area contributed by atoms with Gasteiger partial charge in [0, 0.05) is 13.6 Å². The van der Waals surface area contributed by atoms with Crippen LogP contribution in [0.2, 0.25) is 0 Å². The molecule has 0 bridgehead atoms. The molecule has 6 nitrogen and oxygen atoms in total. The number of hydrogen-bond acceptors (Lipinski definition) is 3. The summed E-state index contributed by atoms with van der Waals surface area (Å²) < 4.78 is 1.73. The van der Waals surface area contributed by atoms with Crippen molar-refractivity contribution in [1.82, 2.24) is 14.5 Å². The number of benzene rings is 1. The van der Waals surface area contributed by atoms with Crippen LogP contribution in [0.1, 0.15) is 28.4 Å². The van der Waals surface area contributed by atoms with Crippen molar-refractivity contribution in [2.24, 2.45) is 7.05 Å². The van der Waals surface area contributed by atoms with E-state index < -0.39 is 11.9 Å². The van der Waals surface area contributed by atoms with Gasteiger partial charge in [-0.3, -0.25) is 9.59 Å². The van der Waals surface area contributed by atoms with Crippen LogP contribution < -0.4 is 0 Å². The van der Waals surface area contributed by atoms with Crippen molar-refractivity contribution in [3.05, 3.63) is 53.1 Å². The number of carbonyl (C=O) groups is 2. The van der Waals surface area contributed by atoms with Crippen LogP contribution in [0.3, 0.4) is 0 Å². The third-order valence-corrected chi connectivity index (χ3v) is 4.26. The van der Waals surface area contributed by atoms with Crippen LogP contribution in [0.4, 0.5) is 0 Å². The Morgan fingerprint density at radius 3 is 2.65 bits per heavy atom. The number of aromatic nitrogens is 2. The molecule has 1 amide bonds. The zero-order valence-electron chi connectivity index (χ0n) is 13.2. The van der Waals surface area contributed by atoms with Gasteiger partial charge in [0.25, 0.3) is 0 Å². The Morgan fingerprint density at radius 1 is 1.30 bits per heavy atom. The summed E-state index contributed by atoms with van der Waals surface area (Å²) in [6.07, 6.45) is 1.88. The van der Waals surface area contributed by atoms with Gasteiger partial charge in [-0.15, -0.1) is 0 Å². The highest BCUT2D eigenvalue weighted by molar-refractivity contribution is 5.82. The SMILES string of the molecule is Cc1ccc(CC(=O)N2Cc3ncn(C)c3C(C(=O)O)C2)cc1. The molecule has 23 heavy (non-hydrogen) atoms. The molecule has 6 heteroatoms. The zero-order valence-corrected chi connectivity index (χ0v) is 13.2. The van der Waals surface area contributed by atoms with Crippen molar-refractivity contribution >= 4 is 11.9 Å². The van der Waals surface area contributed by atoms with Crippen LogP contribution in [0, 0.1) is 6.92 Å².